The van der Waals surface area contributed by atoms with Crippen LogP contribution in [-0.4, -0.2) is 51.2 Å². The molecule has 8 heteroatoms. The molecular formula is C62H118O8. The van der Waals surface area contributed by atoms with Crippen LogP contribution in [0.15, 0.2) is 0 Å². The van der Waals surface area contributed by atoms with Gasteiger partial charge in [-0.15, -0.1) is 0 Å². The van der Waals surface area contributed by atoms with E-state index in [0.29, 0.717) is 19.3 Å². The van der Waals surface area contributed by atoms with Crippen LogP contribution in [-0.2, 0) is 23.9 Å². The Kier molecular flexibility index (Phi) is 47.9. The first-order valence-corrected chi connectivity index (χ1v) is 30.9. The first-order valence-electron chi connectivity index (χ1n) is 30.9. The van der Waals surface area contributed by atoms with E-state index in [-0.39, 0.29) is 19.4 Å². The van der Waals surface area contributed by atoms with Crippen molar-refractivity contribution in [1.82, 2.24) is 0 Å². The van der Waals surface area contributed by atoms with Crippen LogP contribution >= 0.6 is 0 Å². The largest absolute Gasteiger partial charge is 0.481 e. The number of carboxylic acid groups (broad SMARTS) is 3. The van der Waals surface area contributed by atoms with Crippen LogP contribution in [0.5, 0.6) is 0 Å². The highest BCUT2D eigenvalue weighted by molar-refractivity contribution is 6.06. The fourth-order valence-corrected chi connectivity index (χ4v) is 11.2. The molecule has 3 N–H and O–H groups in total. The van der Waals surface area contributed by atoms with E-state index in [4.69, 9.17) is 4.74 Å². The van der Waals surface area contributed by atoms with Crippen LogP contribution in [0.25, 0.3) is 0 Å². The number of carboxylic acids is 3. The van der Waals surface area contributed by atoms with Crippen LogP contribution in [0.1, 0.15) is 349 Å². The number of ether oxygens (including phenoxy) is 1. The smallest absolute Gasteiger partial charge is 0.338 e. The van der Waals surface area contributed by atoms with E-state index in [9.17, 15) is 34.5 Å². The summed E-state index contributed by atoms with van der Waals surface area (Å²) >= 11 is 0. The Morgan fingerprint density at radius 1 is 0.329 bits per heavy atom. The van der Waals surface area contributed by atoms with Gasteiger partial charge in [0.1, 0.15) is 11.2 Å². The number of unbranched alkanes of at least 4 members (excludes halogenated alkanes) is 45. The van der Waals surface area contributed by atoms with E-state index in [0.717, 1.165) is 84.0 Å². The van der Waals surface area contributed by atoms with Crippen LogP contribution in [0.2, 0.25) is 0 Å². The summed E-state index contributed by atoms with van der Waals surface area (Å²) in [4.78, 5) is 54.0. The van der Waals surface area contributed by atoms with Gasteiger partial charge in [-0.1, -0.05) is 323 Å². The third-order valence-corrected chi connectivity index (χ3v) is 15.7. The number of aliphatic carboxylic acids is 3. The Bertz CT molecular complexity index is 1150. The van der Waals surface area contributed by atoms with Gasteiger partial charge >= 0.3 is 17.9 Å². The Morgan fingerprint density at radius 2 is 0.543 bits per heavy atom. The lowest BCUT2D eigenvalue weighted by atomic mass is 9.59. The first-order chi connectivity index (χ1) is 34.1. The Hall–Kier alpha value is -1.96. The zero-order chi connectivity index (χ0) is 51.7. The van der Waals surface area contributed by atoms with Gasteiger partial charge in [0.15, 0.2) is 5.92 Å². The summed E-state index contributed by atoms with van der Waals surface area (Å²) in [6.07, 6.45) is 55.9. The van der Waals surface area contributed by atoms with Crippen LogP contribution in [0.4, 0.5) is 0 Å². The van der Waals surface area contributed by atoms with Crippen LogP contribution in [0.3, 0.4) is 0 Å². The van der Waals surface area contributed by atoms with Gasteiger partial charge in [0.25, 0.3) is 0 Å². The van der Waals surface area contributed by atoms with Crippen molar-refractivity contribution >= 4 is 23.7 Å². The van der Waals surface area contributed by atoms with E-state index >= 15 is 0 Å². The minimum absolute atomic E-state index is 0.0398. The number of carbonyl (C=O) groups excluding carboxylic acids is 1. The molecule has 0 radical (unpaired) electrons. The number of carbonyl (C=O) groups is 4. The third-order valence-electron chi connectivity index (χ3n) is 15.7. The summed E-state index contributed by atoms with van der Waals surface area (Å²) in [5.41, 5.74) is -4.80. The number of ketones is 1. The van der Waals surface area contributed by atoms with Crippen LogP contribution < -0.4 is 0 Å². The van der Waals surface area contributed by atoms with Crippen molar-refractivity contribution in [2.45, 2.75) is 354 Å². The molecule has 0 aromatic heterocycles. The lowest BCUT2D eigenvalue weighted by Crippen LogP contribution is -2.67. The molecule has 0 rings (SSSR count). The molecule has 0 aromatic rings. The van der Waals surface area contributed by atoms with Gasteiger partial charge in [0.2, 0.25) is 5.60 Å². The van der Waals surface area contributed by atoms with E-state index in [1.165, 1.54) is 212 Å². The number of rotatable bonds is 58. The topological polar surface area (TPSA) is 138 Å². The first kappa shape index (κ1) is 68.0. The van der Waals surface area contributed by atoms with Crippen molar-refractivity contribution < 1.29 is 39.2 Å². The van der Waals surface area contributed by atoms with Crippen molar-refractivity contribution in [2.75, 3.05) is 6.61 Å². The molecule has 414 valence electrons. The van der Waals surface area contributed by atoms with Gasteiger partial charge in [0.05, 0.1) is 0 Å². The number of hydrogen-bond donors (Lipinski definition) is 3. The summed E-state index contributed by atoms with van der Waals surface area (Å²) < 4.78 is 6.30. The lowest BCUT2D eigenvalue weighted by molar-refractivity contribution is -0.219. The molecule has 0 aliphatic carbocycles. The molecule has 0 heterocycles. The monoisotopic (exact) mass is 991 g/mol. The van der Waals surface area contributed by atoms with Gasteiger partial charge < -0.3 is 20.1 Å². The summed E-state index contributed by atoms with van der Waals surface area (Å²) in [6, 6.07) is 0. The Morgan fingerprint density at radius 3 is 0.729 bits per heavy atom. The standard InChI is InChI=1S/C62H118O8/c1-5-8-11-14-17-20-23-26-29-32-35-38-41-44-47-50-53-61(59(66)67,54-51-48-45-42-39-36-33-30-27-24-21-18-15-12-9-6-2)62(60(68)69,57(56(4)63)58(64)65)70-55-52-49-46-43-40-37-34-31-28-25-22-19-16-13-10-7-3/h57H,5-55H2,1-4H3,(H,64,65)(H,66,67)(H,68,69). The molecule has 8 nitrogen and oxygen atoms in total. The van der Waals surface area contributed by atoms with Gasteiger partial charge in [-0.25, -0.2) is 4.79 Å². The molecule has 0 saturated carbocycles. The highest BCUT2D eigenvalue weighted by atomic mass is 16.5. The molecule has 0 aliphatic heterocycles. The average Bonchev–Trinajstić information content (AvgIpc) is 3.33. The fourth-order valence-electron chi connectivity index (χ4n) is 11.2. The van der Waals surface area contributed by atoms with Gasteiger partial charge in [0, 0.05) is 6.61 Å². The minimum Gasteiger partial charge on any atom is -0.481 e. The molecule has 2 atom stereocenters. The van der Waals surface area contributed by atoms with Gasteiger partial charge in [-0.05, 0) is 26.2 Å². The molecule has 70 heavy (non-hydrogen) atoms. The molecule has 0 aliphatic rings. The quantitative estimate of drug-likeness (QED) is 0.0405. The van der Waals surface area contributed by atoms with Crippen molar-refractivity contribution in [1.29, 1.82) is 0 Å². The highest BCUT2D eigenvalue weighted by Gasteiger charge is 2.69. The third kappa shape index (κ3) is 33.7. The van der Waals surface area contributed by atoms with Crippen molar-refractivity contribution in [3.63, 3.8) is 0 Å². The van der Waals surface area contributed by atoms with E-state index in [2.05, 4.69) is 20.8 Å². The lowest BCUT2D eigenvalue weighted by Gasteiger charge is -2.47. The Labute approximate surface area is 433 Å². The highest BCUT2D eigenvalue weighted by Crippen LogP contribution is 2.50. The van der Waals surface area contributed by atoms with Crippen molar-refractivity contribution in [2.24, 2.45) is 11.3 Å². The Balaban J connectivity index is 5.52. The molecule has 0 amide bonds. The zero-order valence-corrected chi connectivity index (χ0v) is 47.0. The fraction of sp³-hybridized carbons (Fsp3) is 0.935. The molecule has 0 fully saturated rings. The predicted octanol–water partition coefficient (Wildman–Crippen LogP) is 19.8. The summed E-state index contributed by atoms with van der Waals surface area (Å²) in [7, 11) is 0. The maximum atomic E-state index is 13.8. The molecule has 0 aromatic carbocycles. The van der Waals surface area contributed by atoms with E-state index in [1.807, 2.05) is 0 Å². The summed E-state index contributed by atoms with van der Waals surface area (Å²) in [6.45, 7) is 7.74. The summed E-state index contributed by atoms with van der Waals surface area (Å²) in [5, 5.41) is 33.0. The zero-order valence-electron chi connectivity index (χ0n) is 47.0. The van der Waals surface area contributed by atoms with Crippen molar-refractivity contribution in [3.05, 3.63) is 0 Å². The van der Waals surface area contributed by atoms with E-state index in [1.54, 1.807) is 0 Å². The average molecular weight is 992 g/mol. The minimum atomic E-state index is -2.73. The van der Waals surface area contributed by atoms with E-state index < -0.39 is 40.6 Å². The number of hydrogen-bond acceptors (Lipinski definition) is 5. The molecule has 0 spiro atoms. The predicted molar refractivity (Wildman–Crippen MR) is 296 cm³/mol. The second-order valence-corrected chi connectivity index (χ2v) is 22.1. The maximum Gasteiger partial charge on any atom is 0.338 e. The normalized spacial score (nSPS) is 13.1. The molecule has 2 unspecified atom stereocenters. The van der Waals surface area contributed by atoms with Crippen LogP contribution in [0, 0.1) is 11.3 Å². The SMILES string of the molecule is CCCCCCCCCCCCCCCCCCOC(C(=O)O)(C(C(C)=O)C(=O)O)C(CCCCCCCCCCCCCCCCCC)(CCCCCCCCCCCCCCCCCC)C(=O)O. The molecular weight excluding hydrogens is 873 g/mol. The van der Waals surface area contributed by atoms with Crippen molar-refractivity contribution in [3.8, 4) is 0 Å². The summed E-state index contributed by atoms with van der Waals surface area (Å²) in [5.74, 6) is -7.67. The molecule has 0 bridgehead atoms. The van der Waals surface area contributed by atoms with Gasteiger partial charge in [-0.2, -0.15) is 0 Å². The maximum absolute atomic E-state index is 13.8. The second kappa shape index (κ2) is 49.3. The molecule has 0 saturated heterocycles. The van der Waals surface area contributed by atoms with Gasteiger partial charge in [-0.3, -0.25) is 14.4 Å². The second-order valence-electron chi connectivity index (χ2n) is 22.1. The number of Topliss-reactive ketones (excluding diaryl/α,β-unsaturated/α-hetero) is 1.